The number of aromatic nitrogens is 7. The molecule has 11 heteroatoms. The monoisotopic (exact) mass is 473 g/mol. The van der Waals surface area contributed by atoms with Crippen LogP contribution in [0.3, 0.4) is 0 Å². The molecule has 0 radical (unpaired) electrons. The van der Waals surface area contributed by atoms with Crippen molar-refractivity contribution in [2.45, 2.75) is 38.1 Å². The van der Waals surface area contributed by atoms with E-state index < -0.39 is 35.2 Å². The van der Waals surface area contributed by atoms with E-state index in [1.54, 1.807) is 13.8 Å². The molecule has 0 saturated heterocycles. The lowest BCUT2D eigenvalue weighted by molar-refractivity contribution is 0.421. The normalized spacial score (nSPS) is 14.1. The Morgan fingerprint density at radius 2 is 1.70 bits per heavy atom. The van der Waals surface area contributed by atoms with Crippen molar-refractivity contribution in [2.75, 3.05) is 0 Å². The van der Waals surface area contributed by atoms with E-state index in [9.17, 15) is 8.78 Å². The predicted octanol–water partition coefficient (Wildman–Crippen LogP) is 4.67. The summed E-state index contributed by atoms with van der Waals surface area (Å²) in [5.74, 6) is -3.82. The predicted molar refractivity (Wildman–Crippen MR) is 114 cm³/mol. The van der Waals surface area contributed by atoms with Gasteiger partial charge in [-0.3, -0.25) is 4.68 Å². The van der Waals surface area contributed by atoms with Gasteiger partial charge in [-0.05, 0) is 17.7 Å². The van der Waals surface area contributed by atoms with E-state index in [1.165, 1.54) is 48.2 Å². The van der Waals surface area contributed by atoms with Gasteiger partial charge in [-0.15, -0.1) is 0 Å². The zero-order valence-corrected chi connectivity index (χ0v) is 18.5. The van der Waals surface area contributed by atoms with Gasteiger partial charge in [0.15, 0.2) is 5.82 Å². The highest BCUT2D eigenvalue weighted by Gasteiger charge is 2.30. The van der Waals surface area contributed by atoms with Gasteiger partial charge in [0.1, 0.15) is 42.1 Å². The zero-order valence-electron chi connectivity index (χ0n) is 17.7. The molecule has 3 unspecified atom stereocenters. The van der Waals surface area contributed by atoms with Crippen molar-refractivity contribution in [3.63, 3.8) is 0 Å². The summed E-state index contributed by atoms with van der Waals surface area (Å²) < 4.78 is 45.5. The van der Waals surface area contributed by atoms with Crippen LogP contribution >= 0.6 is 11.6 Å². The van der Waals surface area contributed by atoms with Crippen LogP contribution in [0.4, 0.5) is 13.2 Å². The second-order valence-electron chi connectivity index (χ2n) is 7.62. The smallest absolute Gasteiger partial charge is 0.167 e. The van der Waals surface area contributed by atoms with Crippen LogP contribution in [-0.2, 0) is 6.54 Å². The summed E-state index contributed by atoms with van der Waals surface area (Å²) in [7, 11) is 0. The summed E-state index contributed by atoms with van der Waals surface area (Å²) in [6, 6.07) is 4.87. The minimum absolute atomic E-state index is 0.0980. The minimum Gasteiger partial charge on any atom is -0.252 e. The van der Waals surface area contributed by atoms with Gasteiger partial charge in [0.25, 0.3) is 0 Å². The maximum absolute atomic E-state index is 15.7. The first-order chi connectivity index (χ1) is 15.8. The molecule has 1 aromatic carbocycles. The molecular weight excluding hydrogens is 455 g/mol. The Labute approximate surface area is 192 Å². The summed E-state index contributed by atoms with van der Waals surface area (Å²) in [6.07, 6.45) is 5.38. The number of nitrogens with zero attached hydrogens (tertiary/aromatic N) is 7. The molecule has 3 heterocycles. The van der Waals surface area contributed by atoms with Crippen LogP contribution in [0, 0.1) is 17.5 Å². The van der Waals surface area contributed by atoms with Crippen LogP contribution in [0.2, 0.25) is 5.15 Å². The molecule has 0 amide bonds. The summed E-state index contributed by atoms with van der Waals surface area (Å²) in [5, 5.41) is 4.31. The molecule has 4 rings (SSSR count). The molecule has 3 aromatic heterocycles. The van der Waals surface area contributed by atoms with Crippen molar-refractivity contribution in [3.8, 4) is 0 Å². The van der Waals surface area contributed by atoms with Crippen molar-refractivity contribution in [1.82, 2.24) is 34.7 Å². The maximum Gasteiger partial charge on any atom is 0.167 e. The Kier molecular flexibility index (Phi) is 6.64. The van der Waals surface area contributed by atoms with Crippen LogP contribution in [0.15, 0.2) is 49.6 Å². The van der Waals surface area contributed by atoms with Gasteiger partial charge in [-0.2, -0.15) is 5.10 Å². The van der Waals surface area contributed by atoms with Crippen LogP contribution in [0.25, 0.3) is 0 Å². The summed E-state index contributed by atoms with van der Waals surface area (Å²) in [6.45, 7) is 3.65. The van der Waals surface area contributed by atoms with Crippen LogP contribution in [0.1, 0.15) is 54.2 Å². The maximum atomic E-state index is 15.7. The minimum atomic E-state index is -0.731. The van der Waals surface area contributed by atoms with Gasteiger partial charge < -0.3 is 0 Å². The molecule has 0 aliphatic carbocycles. The fourth-order valence-electron chi connectivity index (χ4n) is 3.79. The van der Waals surface area contributed by atoms with Gasteiger partial charge in [0.05, 0.1) is 23.6 Å². The summed E-state index contributed by atoms with van der Waals surface area (Å²) >= 11 is 5.95. The van der Waals surface area contributed by atoms with Gasteiger partial charge in [-0.1, -0.05) is 31.5 Å². The summed E-state index contributed by atoms with van der Waals surface area (Å²) in [4.78, 5) is 20.2. The first-order valence-electron chi connectivity index (χ1n) is 10.1. The van der Waals surface area contributed by atoms with Gasteiger partial charge >= 0.3 is 0 Å². The van der Waals surface area contributed by atoms with Gasteiger partial charge in [0.2, 0.25) is 0 Å². The average molecular weight is 474 g/mol. The van der Waals surface area contributed by atoms with E-state index in [-0.39, 0.29) is 28.6 Å². The van der Waals surface area contributed by atoms with Gasteiger partial charge in [-0.25, -0.2) is 38.1 Å². The van der Waals surface area contributed by atoms with Crippen LogP contribution in [-0.4, -0.2) is 34.7 Å². The third-order valence-corrected chi connectivity index (χ3v) is 5.81. The van der Waals surface area contributed by atoms with E-state index >= 15 is 4.39 Å². The van der Waals surface area contributed by atoms with Crippen molar-refractivity contribution >= 4 is 11.6 Å². The Bertz CT molecular complexity index is 1250. The highest BCUT2D eigenvalue weighted by atomic mass is 35.5. The molecule has 7 nitrogen and oxygen atoms in total. The number of hydrogen-bond acceptors (Lipinski definition) is 6. The van der Waals surface area contributed by atoms with Crippen LogP contribution < -0.4 is 0 Å². The number of rotatable bonds is 7. The number of benzene rings is 1. The van der Waals surface area contributed by atoms with E-state index in [0.717, 1.165) is 6.07 Å². The van der Waals surface area contributed by atoms with Crippen molar-refractivity contribution in [1.29, 1.82) is 0 Å². The molecule has 33 heavy (non-hydrogen) atoms. The molecule has 0 aliphatic rings. The standard InChI is InChI=1S/C22H19ClF3N7/c1-12(16(7-33-11-27-8-32-33)15-4-3-14(24)5-17(15)25)21-20(26)22(31-10-30-21)13(2)18-6-19(23)29-9-28-18/h3-6,8-13,16H,7H2,1-2H3. The summed E-state index contributed by atoms with van der Waals surface area (Å²) in [5.41, 5.74) is 0.936. The fraction of sp³-hybridized carbons (Fsp3) is 0.273. The highest BCUT2D eigenvalue weighted by molar-refractivity contribution is 6.29. The Morgan fingerprint density at radius 1 is 0.939 bits per heavy atom. The third-order valence-electron chi connectivity index (χ3n) is 5.60. The molecule has 0 fully saturated rings. The SMILES string of the molecule is CC(c1cc(Cl)ncn1)c1ncnc(C(C)C(Cn2cncn2)c2ccc(F)cc2F)c1F. The lowest BCUT2D eigenvalue weighted by Gasteiger charge is -2.25. The molecule has 3 atom stereocenters. The molecule has 0 saturated carbocycles. The van der Waals surface area contributed by atoms with E-state index in [2.05, 4.69) is 30.0 Å². The molecule has 0 N–H and O–H groups in total. The topological polar surface area (TPSA) is 82.3 Å². The van der Waals surface area contributed by atoms with Crippen molar-refractivity contribution in [2.24, 2.45) is 0 Å². The third kappa shape index (κ3) is 4.85. The van der Waals surface area contributed by atoms with E-state index in [1.807, 2.05) is 0 Å². The molecule has 4 aromatic rings. The lowest BCUT2D eigenvalue weighted by Crippen LogP contribution is -2.20. The van der Waals surface area contributed by atoms with Crippen molar-refractivity contribution < 1.29 is 13.2 Å². The molecule has 0 spiro atoms. The Balaban J connectivity index is 1.74. The number of hydrogen-bond donors (Lipinski definition) is 0. The Morgan fingerprint density at radius 3 is 2.39 bits per heavy atom. The Hall–Kier alpha value is -3.40. The molecular formula is C22H19ClF3N7. The molecule has 0 bridgehead atoms. The second kappa shape index (κ2) is 9.62. The lowest BCUT2D eigenvalue weighted by atomic mass is 9.83. The van der Waals surface area contributed by atoms with Crippen molar-refractivity contribution in [3.05, 3.63) is 94.8 Å². The van der Waals surface area contributed by atoms with E-state index in [0.29, 0.717) is 5.69 Å². The quantitative estimate of drug-likeness (QED) is 0.363. The molecule has 170 valence electrons. The van der Waals surface area contributed by atoms with Crippen LogP contribution in [0.5, 0.6) is 0 Å². The van der Waals surface area contributed by atoms with Gasteiger partial charge in [0, 0.05) is 23.8 Å². The first-order valence-corrected chi connectivity index (χ1v) is 10.5. The molecule has 0 aliphatic heterocycles. The average Bonchev–Trinajstić information content (AvgIpc) is 3.30. The second-order valence-corrected chi connectivity index (χ2v) is 8.01. The first kappa shape index (κ1) is 22.8. The zero-order chi connectivity index (χ0) is 23.5. The highest BCUT2D eigenvalue weighted by Crippen LogP contribution is 2.37. The number of halogens is 4. The largest absolute Gasteiger partial charge is 0.252 e. The van der Waals surface area contributed by atoms with E-state index in [4.69, 9.17) is 11.6 Å². The fourth-order valence-corrected chi connectivity index (χ4v) is 3.94.